The van der Waals surface area contributed by atoms with Gasteiger partial charge in [-0.3, -0.25) is 9.59 Å². The van der Waals surface area contributed by atoms with Crippen LogP contribution in [-0.4, -0.2) is 51.2 Å². The molecule has 178 valence electrons. The molecule has 1 atom stereocenters. The Bertz CT molecular complexity index is 1150. The molecule has 0 radical (unpaired) electrons. The second-order valence-electron chi connectivity index (χ2n) is 6.99. The summed E-state index contributed by atoms with van der Waals surface area (Å²) in [5, 5.41) is 23.8. The number of benzene rings is 2. The maximum Gasteiger partial charge on any atom is 0.251 e. The summed E-state index contributed by atoms with van der Waals surface area (Å²) < 4.78 is 20.5. The molecule has 3 rings (SSSR count). The lowest BCUT2D eigenvalue weighted by molar-refractivity contribution is -0.113. The molecule has 3 aromatic rings. The quantitative estimate of drug-likeness (QED) is 0.282. The molecular formula is C23H24FN5O4S. The number of hydrogen-bond acceptors (Lipinski definition) is 7. The summed E-state index contributed by atoms with van der Waals surface area (Å²) in [6.07, 6.45) is 1.61. The molecule has 0 spiro atoms. The zero-order valence-electron chi connectivity index (χ0n) is 18.4. The van der Waals surface area contributed by atoms with Crippen LogP contribution in [0.3, 0.4) is 0 Å². The fraction of sp³-hybridized carbons (Fsp3) is 0.217. The van der Waals surface area contributed by atoms with E-state index in [9.17, 15) is 19.1 Å². The van der Waals surface area contributed by atoms with E-state index in [4.69, 9.17) is 4.74 Å². The normalized spacial score (nSPS) is 11.5. The Morgan fingerprint density at radius 2 is 1.97 bits per heavy atom. The van der Waals surface area contributed by atoms with Crippen LogP contribution < -0.4 is 15.4 Å². The number of anilines is 1. The number of amides is 2. The maximum absolute atomic E-state index is 13.8. The van der Waals surface area contributed by atoms with Gasteiger partial charge >= 0.3 is 0 Å². The fourth-order valence-corrected chi connectivity index (χ4v) is 3.77. The number of para-hydroxylation sites is 1. The molecule has 0 saturated heterocycles. The average molecular weight is 486 g/mol. The average Bonchev–Trinajstić information content (AvgIpc) is 3.25. The van der Waals surface area contributed by atoms with E-state index in [1.807, 2.05) is 0 Å². The molecule has 2 aromatic carbocycles. The second kappa shape index (κ2) is 12.0. The Morgan fingerprint density at radius 3 is 2.62 bits per heavy atom. The molecule has 0 saturated carbocycles. The van der Waals surface area contributed by atoms with Crippen molar-refractivity contribution in [2.75, 3.05) is 24.8 Å². The van der Waals surface area contributed by atoms with Crippen molar-refractivity contribution < 1.29 is 23.8 Å². The summed E-state index contributed by atoms with van der Waals surface area (Å²) in [5.41, 5.74) is 0.469. The number of carbonyl (C=O) groups excluding carboxylic acids is 2. The van der Waals surface area contributed by atoms with Gasteiger partial charge in [0.2, 0.25) is 5.91 Å². The Kier molecular flexibility index (Phi) is 8.77. The molecular weight excluding hydrogens is 461 g/mol. The van der Waals surface area contributed by atoms with Crippen LogP contribution in [0.25, 0.3) is 0 Å². The molecule has 1 aromatic heterocycles. The third-order valence-corrected chi connectivity index (χ3v) is 5.66. The van der Waals surface area contributed by atoms with Gasteiger partial charge in [0.05, 0.1) is 25.2 Å². The van der Waals surface area contributed by atoms with Gasteiger partial charge in [0, 0.05) is 12.1 Å². The van der Waals surface area contributed by atoms with Crippen molar-refractivity contribution in [3.8, 4) is 5.75 Å². The predicted octanol–water partition coefficient (Wildman–Crippen LogP) is 2.81. The molecule has 34 heavy (non-hydrogen) atoms. The molecule has 2 amide bonds. The highest BCUT2D eigenvalue weighted by Gasteiger charge is 2.23. The van der Waals surface area contributed by atoms with E-state index in [1.165, 1.54) is 25.3 Å². The van der Waals surface area contributed by atoms with Crippen LogP contribution in [0.2, 0.25) is 0 Å². The molecule has 0 bridgehead atoms. The lowest BCUT2D eigenvalue weighted by Gasteiger charge is -2.17. The molecule has 3 N–H and O–H groups in total. The molecule has 0 aliphatic rings. The minimum Gasteiger partial charge on any atom is -0.497 e. The highest BCUT2D eigenvalue weighted by molar-refractivity contribution is 7.99. The summed E-state index contributed by atoms with van der Waals surface area (Å²) in [7, 11) is 1.53. The number of aliphatic hydroxyl groups excluding tert-OH is 1. The van der Waals surface area contributed by atoms with Gasteiger partial charge < -0.3 is 25.0 Å². The molecule has 9 nitrogen and oxygen atoms in total. The number of nitrogens with zero attached hydrogens (tertiary/aromatic N) is 3. The van der Waals surface area contributed by atoms with Gasteiger partial charge in [-0.1, -0.05) is 30.0 Å². The number of aromatic nitrogens is 3. The minimum atomic E-state index is -0.844. The Morgan fingerprint density at radius 1 is 1.24 bits per heavy atom. The summed E-state index contributed by atoms with van der Waals surface area (Å²) in [5.74, 6) is -0.491. The van der Waals surface area contributed by atoms with Crippen molar-refractivity contribution >= 4 is 29.3 Å². The number of ether oxygens (including phenoxy) is 1. The molecule has 0 aliphatic heterocycles. The van der Waals surface area contributed by atoms with Crippen molar-refractivity contribution in [2.24, 2.45) is 0 Å². The lowest BCUT2D eigenvalue weighted by Crippen LogP contribution is -2.33. The first-order valence-corrected chi connectivity index (χ1v) is 11.2. The summed E-state index contributed by atoms with van der Waals surface area (Å²) in [4.78, 5) is 24.9. The first kappa shape index (κ1) is 24.9. The number of methoxy groups -OCH3 is 1. The Balaban J connectivity index is 1.70. The van der Waals surface area contributed by atoms with E-state index in [2.05, 4.69) is 27.4 Å². The number of thioether (sulfide) groups is 1. The van der Waals surface area contributed by atoms with Crippen LogP contribution in [0.1, 0.15) is 22.2 Å². The summed E-state index contributed by atoms with van der Waals surface area (Å²) >= 11 is 1.09. The summed E-state index contributed by atoms with van der Waals surface area (Å²) in [6.45, 7) is 3.59. The van der Waals surface area contributed by atoms with Gasteiger partial charge in [0.25, 0.3) is 5.91 Å². The van der Waals surface area contributed by atoms with Gasteiger partial charge in [0.1, 0.15) is 17.6 Å². The van der Waals surface area contributed by atoms with Gasteiger partial charge in [-0.15, -0.1) is 16.8 Å². The number of allylic oxidation sites excluding steroid dienone is 1. The predicted molar refractivity (Wildman–Crippen MR) is 126 cm³/mol. The first-order chi connectivity index (χ1) is 16.5. The van der Waals surface area contributed by atoms with Gasteiger partial charge in [-0.25, -0.2) is 4.39 Å². The van der Waals surface area contributed by atoms with Crippen LogP contribution in [-0.2, 0) is 11.3 Å². The third kappa shape index (κ3) is 6.21. The van der Waals surface area contributed by atoms with E-state index in [0.29, 0.717) is 22.3 Å². The number of aliphatic hydroxyl groups is 1. The topological polar surface area (TPSA) is 118 Å². The standard InChI is InChI=1S/C23H24FN5O4S/c1-3-12-29-21(19(13-30)26-22(32)15-8-10-16(33-2)11-9-15)27-28-23(29)34-14-20(31)25-18-7-5-4-6-17(18)24/h3-11,19,30H,1,12-14H2,2H3,(H,25,31)(H,26,32)/t19-/m1/s1. The zero-order valence-corrected chi connectivity index (χ0v) is 19.2. The monoisotopic (exact) mass is 485 g/mol. The third-order valence-electron chi connectivity index (χ3n) is 4.69. The SMILES string of the molecule is C=CCn1c(SCC(=O)Nc2ccccc2F)nnc1[C@@H](CO)NC(=O)c1ccc(OC)cc1. The van der Waals surface area contributed by atoms with Gasteiger partial charge in [-0.05, 0) is 36.4 Å². The summed E-state index contributed by atoms with van der Waals surface area (Å²) in [6, 6.07) is 11.5. The van der Waals surface area contributed by atoms with Crippen molar-refractivity contribution in [1.82, 2.24) is 20.1 Å². The van der Waals surface area contributed by atoms with Gasteiger partial charge in [0.15, 0.2) is 11.0 Å². The van der Waals surface area contributed by atoms with Crippen LogP contribution >= 0.6 is 11.8 Å². The van der Waals surface area contributed by atoms with Gasteiger partial charge in [-0.2, -0.15) is 0 Å². The van der Waals surface area contributed by atoms with Crippen LogP contribution in [0.5, 0.6) is 5.75 Å². The molecule has 11 heteroatoms. The molecule has 0 unspecified atom stereocenters. The molecule has 0 aliphatic carbocycles. The minimum absolute atomic E-state index is 0.0500. The number of carbonyl (C=O) groups is 2. The van der Waals surface area contributed by atoms with Crippen LogP contribution in [0.15, 0.2) is 66.3 Å². The number of rotatable bonds is 11. The van der Waals surface area contributed by atoms with E-state index < -0.39 is 30.3 Å². The lowest BCUT2D eigenvalue weighted by atomic mass is 10.2. The van der Waals surface area contributed by atoms with E-state index >= 15 is 0 Å². The van der Waals surface area contributed by atoms with Crippen molar-refractivity contribution in [3.63, 3.8) is 0 Å². The van der Waals surface area contributed by atoms with Crippen LogP contribution in [0, 0.1) is 5.82 Å². The fourth-order valence-electron chi connectivity index (χ4n) is 3.02. The first-order valence-electron chi connectivity index (χ1n) is 10.2. The van der Waals surface area contributed by atoms with E-state index in [-0.39, 0.29) is 18.0 Å². The zero-order chi connectivity index (χ0) is 24.5. The second-order valence-corrected chi connectivity index (χ2v) is 7.94. The van der Waals surface area contributed by atoms with Crippen molar-refractivity contribution in [3.05, 3.63) is 78.4 Å². The Labute approximate surface area is 200 Å². The molecule has 0 fully saturated rings. The van der Waals surface area contributed by atoms with E-state index in [0.717, 1.165) is 11.8 Å². The number of halogens is 1. The smallest absolute Gasteiger partial charge is 0.251 e. The van der Waals surface area contributed by atoms with E-state index in [1.54, 1.807) is 41.0 Å². The number of nitrogens with one attached hydrogen (secondary N) is 2. The highest BCUT2D eigenvalue weighted by atomic mass is 32.2. The molecule has 1 heterocycles. The largest absolute Gasteiger partial charge is 0.497 e. The van der Waals surface area contributed by atoms with Crippen LogP contribution in [0.4, 0.5) is 10.1 Å². The maximum atomic E-state index is 13.8. The Hall–Kier alpha value is -3.70. The highest BCUT2D eigenvalue weighted by Crippen LogP contribution is 2.22. The van der Waals surface area contributed by atoms with Crippen molar-refractivity contribution in [1.29, 1.82) is 0 Å². The number of hydrogen-bond donors (Lipinski definition) is 3. The van der Waals surface area contributed by atoms with Crippen molar-refractivity contribution in [2.45, 2.75) is 17.7 Å².